The van der Waals surface area contributed by atoms with Crippen molar-refractivity contribution in [2.45, 2.75) is 26.3 Å². The van der Waals surface area contributed by atoms with Crippen LogP contribution in [0.3, 0.4) is 0 Å². The quantitative estimate of drug-likeness (QED) is 0.666. The normalized spacial score (nSPS) is 18.7. The first-order valence-electron chi connectivity index (χ1n) is 6.85. The van der Waals surface area contributed by atoms with Crippen LogP contribution >= 0.6 is 0 Å². The van der Waals surface area contributed by atoms with E-state index < -0.39 is 6.04 Å². The number of carbonyl (C=O) groups excluding carboxylic acids is 2. The molecule has 2 N–H and O–H groups in total. The van der Waals surface area contributed by atoms with E-state index in [4.69, 9.17) is 4.74 Å². The largest absolute Gasteiger partial charge is 0.467 e. The molecule has 0 saturated carbocycles. The van der Waals surface area contributed by atoms with E-state index in [1.807, 2.05) is 13.8 Å². The number of nitrogens with zero attached hydrogens (tertiary/aromatic N) is 1. The molecule has 1 amide bonds. The van der Waals surface area contributed by atoms with Crippen molar-refractivity contribution in [3.05, 3.63) is 0 Å². The summed E-state index contributed by atoms with van der Waals surface area (Å²) < 4.78 is 4.71. The first-order chi connectivity index (χ1) is 9.04. The van der Waals surface area contributed by atoms with Crippen molar-refractivity contribution in [2.75, 3.05) is 39.8 Å². The zero-order valence-corrected chi connectivity index (χ0v) is 12.1. The molecule has 1 heterocycles. The van der Waals surface area contributed by atoms with Crippen LogP contribution in [0.15, 0.2) is 0 Å². The summed E-state index contributed by atoms with van der Waals surface area (Å²) in [5.74, 6) is -0.492. The summed E-state index contributed by atoms with van der Waals surface area (Å²) in [4.78, 5) is 25.7. The molecule has 0 aromatic carbocycles. The summed E-state index contributed by atoms with van der Waals surface area (Å²) >= 11 is 0. The monoisotopic (exact) mass is 271 g/mol. The molecule has 19 heavy (non-hydrogen) atoms. The van der Waals surface area contributed by atoms with E-state index in [0.29, 0.717) is 6.54 Å². The molecule has 0 spiro atoms. The summed E-state index contributed by atoms with van der Waals surface area (Å²) in [5, 5.41) is 6.05. The molecular formula is C13H25N3O3. The zero-order chi connectivity index (χ0) is 14.3. The number of methoxy groups -OCH3 is 1. The molecule has 1 unspecified atom stereocenters. The second-order valence-electron chi connectivity index (χ2n) is 5.19. The van der Waals surface area contributed by atoms with Crippen LogP contribution < -0.4 is 10.6 Å². The molecule has 0 aromatic heterocycles. The van der Waals surface area contributed by atoms with Gasteiger partial charge in [-0.1, -0.05) is 13.8 Å². The summed E-state index contributed by atoms with van der Waals surface area (Å²) in [6.45, 7) is 7.77. The Morgan fingerprint density at radius 3 is 2.68 bits per heavy atom. The minimum Gasteiger partial charge on any atom is -0.467 e. The SMILES string of the molecule is COC(=O)C(NC(=O)CN1CCCNCC1)C(C)C. The number of ether oxygens (including phenoxy) is 1. The van der Waals surface area contributed by atoms with Crippen LogP contribution in [0.4, 0.5) is 0 Å². The Labute approximate surface area is 114 Å². The predicted molar refractivity (Wildman–Crippen MR) is 72.7 cm³/mol. The Kier molecular flexibility index (Phi) is 6.80. The highest BCUT2D eigenvalue weighted by molar-refractivity contribution is 5.85. The lowest BCUT2D eigenvalue weighted by Crippen LogP contribution is -2.48. The van der Waals surface area contributed by atoms with Crippen LogP contribution in [-0.4, -0.2) is 62.7 Å². The second-order valence-corrected chi connectivity index (χ2v) is 5.19. The first-order valence-corrected chi connectivity index (χ1v) is 6.85. The third-order valence-electron chi connectivity index (χ3n) is 3.24. The topological polar surface area (TPSA) is 70.7 Å². The molecular weight excluding hydrogens is 246 g/mol. The highest BCUT2D eigenvalue weighted by Crippen LogP contribution is 2.04. The van der Waals surface area contributed by atoms with Gasteiger partial charge in [-0.15, -0.1) is 0 Å². The molecule has 6 nitrogen and oxygen atoms in total. The molecule has 1 atom stereocenters. The Hall–Kier alpha value is -1.14. The minimum absolute atomic E-state index is 0.0159. The molecule has 1 fully saturated rings. The predicted octanol–water partition coefficient (Wildman–Crippen LogP) is -0.404. The maximum Gasteiger partial charge on any atom is 0.328 e. The Morgan fingerprint density at radius 1 is 1.32 bits per heavy atom. The highest BCUT2D eigenvalue weighted by atomic mass is 16.5. The number of rotatable bonds is 5. The highest BCUT2D eigenvalue weighted by Gasteiger charge is 2.25. The summed E-state index contributed by atoms with van der Waals surface area (Å²) in [6.07, 6.45) is 1.04. The van der Waals surface area contributed by atoms with E-state index in [-0.39, 0.29) is 17.8 Å². The molecule has 0 radical (unpaired) electrons. The Bertz CT molecular complexity index is 300. The van der Waals surface area contributed by atoms with Crippen molar-refractivity contribution < 1.29 is 14.3 Å². The van der Waals surface area contributed by atoms with Crippen LogP contribution in [0.5, 0.6) is 0 Å². The fourth-order valence-electron chi connectivity index (χ4n) is 2.11. The van der Waals surface area contributed by atoms with Gasteiger partial charge in [0.1, 0.15) is 6.04 Å². The van der Waals surface area contributed by atoms with Gasteiger partial charge < -0.3 is 15.4 Å². The van der Waals surface area contributed by atoms with Crippen LogP contribution in [0.25, 0.3) is 0 Å². The van der Waals surface area contributed by atoms with E-state index in [1.165, 1.54) is 7.11 Å². The van der Waals surface area contributed by atoms with Crippen molar-refractivity contribution in [2.24, 2.45) is 5.92 Å². The third-order valence-corrected chi connectivity index (χ3v) is 3.24. The van der Waals surface area contributed by atoms with E-state index in [2.05, 4.69) is 15.5 Å². The minimum atomic E-state index is -0.567. The summed E-state index contributed by atoms with van der Waals surface area (Å²) in [7, 11) is 1.34. The van der Waals surface area contributed by atoms with Crippen molar-refractivity contribution >= 4 is 11.9 Å². The van der Waals surface area contributed by atoms with E-state index >= 15 is 0 Å². The lowest BCUT2D eigenvalue weighted by atomic mass is 10.0. The lowest BCUT2D eigenvalue weighted by Gasteiger charge is -2.23. The van der Waals surface area contributed by atoms with Crippen LogP contribution in [0.1, 0.15) is 20.3 Å². The van der Waals surface area contributed by atoms with Gasteiger partial charge in [0.15, 0.2) is 0 Å². The Balaban J connectivity index is 2.45. The van der Waals surface area contributed by atoms with E-state index in [9.17, 15) is 9.59 Å². The molecule has 6 heteroatoms. The molecule has 1 aliphatic rings. The number of hydrogen-bond donors (Lipinski definition) is 2. The zero-order valence-electron chi connectivity index (χ0n) is 12.1. The van der Waals surface area contributed by atoms with Gasteiger partial charge in [0, 0.05) is 13.1 Å². The number of nitrogens with one attached hydrogen (secondary N) is 2. The van der Waals surface area contributed by atoms with Gasteiger partial charge in [0.05, 0.1) is 13.7 Å². The fraction of sp³-hybridized carbons (Fsp3) is 0.846. The van der Waals surface area contributed by atoms with Gasteiger partial charge in [-0.2, -0.15) is 0 Å². The number of carbonyl (C=O) groups is 2. The number of hydrogen-bond acceptors (Lipinski definition) is 5. The van der Waals surface area contributed by atoms with Gasteiger partial charge >= 0.3 is 5.97 Å². The number of esters is 1. The molecule has 0 aliphatic carbocycles. The average Bonchev–Trinajstić information content (AvgIpc) is 2.63. The van der Waals surface area contributed by atoms with Crippen LogP contribution in [0, 0.1) is 5.92 Å². The molecule has 1 aliphatic heterocycles. The number of amides is 1. The average molecular weight is 271 g/mol. The maximum absolute atomic E-state index is 12.0. The fourth-order valence-corrected chi connectivity index (χ4v) is 2.11. The van der Waals surface area contributed by atoms with Crippen LogP contribution in [-0.2, 0) is 14.3 Å². The molecule has 1 saturated heterocycles. The van der Waals surface area contributed by atoms with Crippen molar-refractivity contribution in [3.8, 4) is 0 Å². The first kappa shape index (κ1) is 15.9. The molecule has 110 valence electrons. The van der Waals surface area contributed by atoms with Crippen molar-refractivity contribution in [1.82, 2.24) is 15.5 Å². The molecule has 0 bridgehead atoms. The third kappa shape index (κ3) is 5.57. The van der Waals surface area contributed by atoms with Gasteiger partial charge in [-0.25, -0.2) is 4.79 Å². The van der Waals surface area contributed by atoms with Gasteiger partial charge in [-0.05, 0) is 25.4 Å². The van der Waals surface area contributed by atoms with Gasteiger partial charge in [0.2, 0.25) is 5.91 Å². The van der Waals surface area contributed by atoms with E-state index in [1.54, 1.807) is 0 Å². The molecule has 1 rings (SSSR count). The van der Waals surface area contributed by atoms with Gasteiger partial charge in [0.25, 0.3) is 0 Å². The lowest BCUT2D eigenvalue weighted by molar-refractivity contribution is -0.146. The standard InChI is InChI=1S/C13H25N3O3/c1-10(2)12(13(18)19-3)15-11(17)9-16-7-4-5-14-6-8-16/h10,12,14H,4-9H2,1-3H3,(H,15,17). The Morgan fingerprint density at radius 2 is 2.05 bits per heavy atom. The van der Waals surface area contributed by atoms with E-state index in [0.717, 1.165) is 32.6 Å². The second kappa shape index (κ2) is 8.12. The molecule has 0 aromatic rings. The maximum atomic E-state index is 12.0. The van der Waals surface area contributed by atoms with Crippen molar-refractivity contribution in [1.29, 1.82) is 0 Å². The van der Waals surface area contributed by atoms with Crippen LogP contribution in [0.2, 0.25) is 0 Å². The summed E-state index contributed by atoms with van der Waals surface area (Å²) in [6, 6.07) is -0.567. The van der Waals surface area contributed by atoms with Gasteiger partial charge in [-0.3, -0.25) is 9.69 Å². The smallest absolute Gasteiger partial charge is 0.328 e. The summed E-state index contributed by atoms with van der Waals surface area (Å²) in [5.41, 5.74) is 0. The van der Waals surface area contributed by atoms with Crippen molar-refractivity contribution in [3.63, 3.8) is 0 Å².